The minimum Gasteiger partial charge on any atom is -0.491 e. The smallest absolute Gasteiger partial charge is 0.291 e. The highest BCUT2D eigenvalue weighted by Gasteiger charge is 2.13. The van der Waals surface area contributed by atoms with Crippen molar-refractivity contribution < 1.29 is 18.7 Å². The largest absolute Gasteiger partial charge is 0.491 e. The van der Waals surface area contributed by atoms with E-state index in [-0.39, 0.29) is 17.6 Å². The van der Waals surface area contributed by atoms with Gasteiger partial charge in [-0.3, -0.25) is 14.6 Å². The Morgan fingerprint density at radius 3 is 2.75 bits per heavy atom. The van der Waals surface area contributed by atoms with E-state index < -0.39 is 0 Å². The van der Waals surface area contributed by atoms with Gasteiger partial charge in [-0.25, -0.2) is 0 Å². The number of fused-ring (bicyclic) bond motifs is 1. The number of hydrogen-bond donors (Lipinski definition) is 2. The number of furan rings is 1. The fourth-order valence-corrected chi connectivity index (χ4v) is 3.24. The van der Waals surface area contributed by atoms with Crippen molar-refractivity contribution in [3.63, 3.8) is 0 Å². The third-order valence-electron chi connectivity index (χ3n) is 4.95. The number of aromatic nitrogens is 1. The first-order chi connectivity index (χ1) is 15.6. The fraction of sp³-hybridized carbons (Fsp3) is 0.160. The second-order valence-corrected chi connectivity index (χ2v) is 7.25. The predicted molar refractivity (Wildman–Crippen MR) is 122 cm³/mol. The lowest BCUT2D eigenvalue weighted by atomic mass is 10.1. The molecule has 162 valence electrons. The molecule has 0 radical (unpaired) electrons. The van der Waals surface area contributed by atoms with Crippen LogP contribution in [0.5, 0.6) is 5.75 Å². The number of carbonyl (C=O) groups excluding carboxylic acids is 2. The molecule has 0 aliphatic rings. The molecule has 2 aromatic heterocycles. The topological polar surface area (TPSA) is 93.5 Å². The zero-order valence-corrected chi connectivity index (χ0v) is 17.6. The zero-order valence-electron chi connectivity index (χ0n) is 17.6. The fourth-order valence-electron chi connectivity index (χ4n) is 3.24. The number of pyridine rings is 1. The van der Waals surface area contributed by atoms with Gasteiger partial charge in [-0.15, -0.1) is 0 Å². The summed E-state index contributed by atoms with van der Waals surface area (Å²) in [5.74, 6) is 0.353. The maximum Gasteiger partial charge on any atom is 0.291 e. The van der Waals surface area contributed by atoms with Crippen LogP contribution >= 0.6 is 0 Å². The van der Waals surface area contributed by atoms with Gasteiger partial charge in [-0.1, -0.05) is 24.3 Å². The highest BCUT2D eigenvalue weighted by molar-refractivity contribution is 6.03. The Kier molecular flexibility index (Phi) is 6.46. The molecule has 0 saturated carbocycles. The number of aryl methyl sites for hydroxylation is 1. The maximum absolute atomic E-state index is 12.5. The van der Waals surface area contributed by atoms with Gasteiger partial charge in [0.05, 0.1) is 12.9 Å². The lowest BCUT2D eigenvalue weighted by Gasteiger charge is -2.11. The van der Waals surface area contributed by atoms with Gasteiger partial charge in [0.2, 0.25) is 0 Å². The van der Waals surface area contributed by atoms with Crippen LogP contribution in [0.4, 0.5) is 5.69 Å². The molecule has 2 aromatic carbocycles. The number of hydrogen-bond acceptors (Lipinski definition) is 5. The molecule has 7 heteroatoms. The average Bonchev–Trinajstić information content (AvgIpc) is 3.35. The normalized spacial score (nSPS) is 10.7. The summed E-state index contributed by atoms with van der Waals surface area (Å²) in [7, 11) is 0. The summed E-state index contributed by atoms with van der Waals surface area (Å²) in [6.07, 6.45) is 3.82. The molecule has 0 aliphatic carbocycles. The van der Waals surface area contributed by atoms with Crippen LogP contribution in [0.15, 0.2) is 77.5 Å². The number of anilines is 1. The lowest BCUT2D eigenvalue weighted by molar-refractivity contribution is 0.0949. The number of nitrogens with one attached hydrogen (secondary N) is 2. The van der Waals surface area contributed by atoms with Crippen molar-refractivity contribution in [2.24, 2.45) is 0 Å². The van der Waals surface area contributed by atoms with Crippen LogP contribution in [0.25, 0.3) is 10.9 Å². The Morgan fingerprint density at radius 2 is 1.91 bits per heavy atom. The van der Waals surface area contributed by atoms with E-state index in [1.165, 1.54) is 6.26 Å². The van der Waals surface area contributed by atoms with Crippen molar-refractivity contribution in [3.05, 3.63) is 90.0 Å². The van der Waals surface area contributed by atoms with Gasteiger partial charge in [0.1, 0.15) is 11.3 Å². The average molecular weight is 429 g/mol. The predicted octanol–water partition coefficient (Wildman–Crippen LogP) is 4.59. The summed E-state index contributed by atoms with van der Waals surface area (Å²) < 4.78 is 11.0. The highest BCUT2D eigenvalue weighted by atomic mass is 16.5. The van der Waals surface area contributed by atoms with Crippen LogP contribution in [0.1, 0.15) is 32.9 Å². The first-order valence-electron chi connectivity index (χ1n) is 10.3. The van der Waals surface area contributed by atoms with Crippen molar-refractivity contribution in [3.8, 4) is 5.75 Å². The Balaban J connectivity index is 1.29. The van der Waals surface area contributed by atoms with Crippen LogP contribution in [0.3, 0.4) is 0 Å². The molecule has 0 atom stereocenters. The van der Waals surface area contributed by atoms with Gasteiger partial charge < -0.3 is 19.8 Å². The monoisotopic (exact) mass is 429 g/mol. The van der Waals surface area contributed by atoms with E-state index in [4.69, 9.17) is 9.15 Å². The van der Waals surface area contributed by atoms with Gasteiger partial charge >= 0.3 is 0 Å². The van der Waals surface area contributed by atoms with Crippen molar-refractivity contribution in [1.82, 2.24) is 10.3 Å². The highest BCUT2D eigenvalue weighted by Crippen LogP contribution is 2.23. The molecule has 2 N–H and O–H groups in total. The van der Waals surface area contributed by atoms with Crippen LogP contribution in [0, 0.1) is 6.92 Å². The standard InChI is InChI=1S/C25H23N3O4/c1-17-10-11-19(16-20(17)28-25(30)22-9-4-14-32-22)24(29)27-13-5-15-31-21-8-2-6-18-7-3-12-26-23(18)21/h2-4,6-12,14,16H,5,13,15H2,1H3,(H,27,29)(H,28,30). The molecular formula is C25H23N3O4. The Labute approximate surface area is 185 Å². The molecule has 0 fully saturated rings. The molecule has 4 rings (SSSR count). The first kappa shape index (κ1) is 21.1. The maximum atomic E-state index is 12.5. The van der Waals surface area contributed by atoms with Crippen molar-refractivity contribution >= 4 is 28.4 Å². The molecule has 0 bridgehead atoms. The molecule has 0 aliphatic heterocycles. The van der Waals surface area contributed by atoms with Gasteiger partial charge in [0.25, 0.3) is 11.8 Å². The summed E-state index contributed by atoms with van der Waals surface area (Å²) in [4.78, 5) is 29.1. The second kappa shape index (κ2) is 9.78. The number of para-hydroxylation sites is 1. The summed E-state index contributed by atoms with van der Waals surface area (Å²) in [6, 6.07) is 18.1. The van der Waals surface area contributed by atoms with Crippen molar-refractivity contribution in [1.29, 1.82) is 0 Å². The molecule has 0 saturated heterocycles. The molecule has 32 heavy (non-hydrogen) atoms. The van der Waals surface area contributed by atoms with Gasteiger partial charge in [0, 0.05) is 29.4 Å². The second-order valence-electron chi connectivity index (χ2n) is 7.25. The molecule has 2 amide bonds. The van der Waals surface area contributed by atoms with Gasteiger partial charge in [-0.2, -0.15) is 0 Å². The Bertz CT molecular complexity index is 1230. The zero-order chi connectivity index (χ0) is 22.3. The van der Waals surface area contributed by atoms with E-state index in [0.29, 0.717) is 30.8 Å². The minimum atomic E-state index is -0.365. The third kappa shape index (κ3) is 4.95. The quantitative estimate of drug-likeness (QED) is 0.400. The van der Waals surface area contributed by atoms with Crippen LogP contribution in [-0.2, 0) is 0 Å². The summed E-state index contributed by atoms with van der Waals surface area (Å²) in [5, 5.41) is 6.68. The third-order valence-corrected chi connectivity index (χ3v) is 4.95. The van der Waals surface area contributed by atoms with Crippen LogP contribution in [0.2, 0.25) is 0 Å². The molecule has 2 heterocycles. The minimum absolute atomic E-state index is 0.209. The molecule has 4 aromatic rings. The summed E-state index contributed by atoms with van der Waals surface area (Å²) in [5.41, 5.74) is 2.69. The lowest BCUT2D eigenvalue weighted by Crippen LogP contribution is -2.25. The number of nitrogens with zero attached hydrogens (tertiary/aromatic N) is 1. The number of amides is 2. The summed E-state index contributed by atoms with van der Waals surface area (Å²) >= 11 is 0. The molecule has 0 spiro atoms. The van der Waals surface area contributed by atoms with Crippen molar-refractivity contribution in [2.45, 2.75) is 13.3 Å². The van der Waals surface area contributed by atoms with E-state index in [1.807, 2.05) is 37.3 Å². The van der Waals surface area contributed by atoms with Crippen LogP contribution in [-0.4, -0.2) is 29.9 Å². The van der Waals surface area contributed by atoms with E-state index in [1.54, 1.807) is 36.5 Å². The number of benzene rings is 2. The first-order valence-corrected chi connectivity index (χ1v) is 10.3. The Morgan fingerprint density at radius 1 is 1.03 bits per heavy atom. The number of rotatable bonds is 8. The Hall–Kier alpha value is -4.13. The van der Waals surface area contributed by atoms with Crippen LogP contribution < -0.4 is 15.4 Å². The molecule has 7 nitrogen and oxygen atoms in total. The van der Waals surface area contributed by atoms with E-state index in [0.717, 1.165) is 22.2 Å². The van der Waals surface area contributed by atoms with E-state index in [9.17, 15) is 9.59 Å². The summed E-state index contributed by atoms with van der Waals surface area (Å²) in [6.45, 7) is 2.77. The number of carbonyl (C=O) groups is 2. The van der Waals surface area contributed by atoms with Gasteiger partial charge in [-0.05, 0) is 55.3 Å². The SMILES string of the molecule is Cc1ccc(C(=O)NCCCOc2cccc3cccnc23)cc1NC(=O)c1ccco1. The van der Waals surface area contributed by atoms with Crippen molar-refractivity contribution in [2.75, 3.05) is 18.5 Å². The molecule has 0 unspecified atom stereocenters. The molecular weight excluding hydrogens is 406 g/mol. The van der Waals surface area contributed by atoms with E-state index >= 15 is 0 Å². The van der Waals surface area contributed by atoms with E-state index in [2.05, 4.69) is 15.6 Å². The number of ether oxygens (including phenoxy) is 1. The van der Waals surface area contributed by atoms with Gasteiger partial charge in [0.15, 0.2) is 5.76 Å².